The van der Waals surface area contributed by atoms with Crippen LogP contribution in [0.15, 0.2) is 110 Å². The van der Waals surface area contributed by atoms with Gasteiger partial charge in [0.15, 0.2) is 8.07 Å². The molecule has 0 atom stereocenters. The molecule has 0 unspecified atom stereocenters. The van der Waals surface area contributed by atoms with Crippen LogP contribution >= 0.6 is 47.8 Å². The fraction of sp³-hybridized carbons (Fsp3) is 0. The van der Waals surface area contributed by atoms with Crippen molar-refractivity contribution < 1.29 is 4.79 Å². The Bertz CT molecular complexity index is 1040. The Hall–Kier alpha value is -1.79. The van der Waals surface area contributed by atoms with Gasteiger partial charge in [0.25, 0.3) is 0 Å². The van der Waals surface area contributed by atoms with Gasteiger partial charge in [-0.05, 0) is 57.1 Å². The van der Waals surface area contributed by atoms with Crippen LogP contribution in [-0.4, -0.2) is 14.4 Å². The Balaban J connectivity index is 2.10. The van der Waals surface area contributed by atoms with Crippen LogP contribution < -0.4 is 20.7 Å². The van der Waals surface area contributed by atoms with Crippen LogP contribution in [-0.2, 0) is 0 Å². The van der Waals surface area contributed by atoms with Crippen molar-refractivity contribution in [2.24, 2.45) is 0 Å². The van der Waals surface area contributed by atoms with Crippen molar-refractivity contribution in [1.82, 2.24) is 0 Å². The second kappa shape index (κ2) is 9.14. The van der Waals surface area contributed by atoms with Crippen molar-refractivity contribution in [3.63, 3.8) is 0 Å². The third-order valence-electron chi connectivity index (χ3n) is 5.31. The monoisotopic (exact) mass is 598 g/mol. The summed E-state index contributed by atoms with van der Waals surface area (Å²) in [5.74, 6) is 0. The van der Waals surface area contributed by atoms with Gasteiger partial charge in [-0.1, -0.05) is 108 Å². The number of halogens is 3. The molecule has 0 bridgehead atoms. The van der Waals surface area contributed by atoms with E-state index in [9.17, 15) is 4.79 Å². The van der Waals surface area contributed by atoms with Crippen LogP contribution in [0.5, 0.6) is 0 Å². The van der Waals surface area contributed by atoms with Crippen molar-refractivity contribution in [1.29, 1.82) is 0 Å². The first-order chi connectivity index (χ1) is 14.5. The summed E-state index contributed by atoms with van der Waals surface area (Å²) < 4.78 is 3.16. The number of hydrogen-bond acceptors (Lipinski definition) is 1. The van der Waals surface area contributed by atoms with Gasteiger partial charge in [0.05, 0.1) is 0 Å². The van der Waals surface area contributed by atoms with Crippen LogP contribution in [0.2, 0.25) is 0 Å². The highest BCUT2D eigenvalue weighted by Crippen LogP contribution is 2.16. The Labute approximate surface area is 202 Å². The molecule has 0 spiro atoms. The number of hydrogen-bond donors (Lipinski definition) is 0. The first-order valence-electron chi connectivity index (χ1n) is 9.38. The number of benzene rings is 4. The first-order valence-corrected chi connectivity index (χ1v) is 13.8. The van der Waals surface area contributed by atoms with E-state index in [1.54, 1.807) is 0 Å². The van der Waals surface area contributed by atoms with Gasteiger partial charge < -0.3 is 0 Å². The normalized spacial score (nSPS) is 11.3. The molecule has 4 aromatic rings. The minimum Gasteiger partial charge on any atom is -0.298 e. The molecule has 0 saturated heterocycles. The average molecular weight is 601 g/mol. The van der Waals surface area contributed by atoms with E-state index < -0.39 is 8.07 Å². The van der Waals surface area contributed by atoms with Crippen LogP contribution in [0.1, 0.15) is 10.4 Å². The van der Waals surface area contributed by atoms with Gasteiger partial charge in [-0.25, -0.2) is 0 Å². The molecule has 0 N–H and O–H groups in total. The minimum absolute atomic E-state index is 0.684. The molecule has 30 heavy (non-hydrogen) atoms. The lowest BCUT2D eigenvalue weighted by atomic mass is 10.2. The predicted octanol–water partition coefficient (Wildman–Crippen LogP) is 5.16. The highest BCUT2D eigenvalue weighted by molar-refractivity contribution is 9.11. The zero-order chi connectivity index (χ0) is 21.1. The molecule has 148 valence electrons. The van der Waals surface area contributed by atoms with Crippen molar-refractivity contribution in [2.45, 2.75) is 0 Å². The minimum atomic E-state index is -2.58. The number of carbonyl (C=O) groups excluding carboxylic acids is 1. The summed E-state index contributed by atoms with van der Waals surface area (Å²) in [6.45, 7) is 0. The quantitative estimate of drug-likeness (QED) is 0.176. The highest BCUT2D eigenvalue weighted by atomic mass is 79.9. The van der Waals surface area contributed by atoms with E-state index >= 15 is 0 Å². The zero-order valence-corrected chi connectivity index (χ0v) is 21.6. The summed E-state index contributed by atoms with van der Waals surface area (Å²) in [5, 5.41) is 5.10. The van der Waals surface area contributed by atoms with Gasteiger partial charge in [-0.3, -0.25) is 4.79 Å². The fourth-order valence-electron chi connectivity index (χ4n) is 3.91. The van der Waals surface area contributed by atoms with Gasteiger partial charge >= 0.3 is 0 Å². The maximum Gasteiger partial charge on any atom is 0.179 e. The maximum absolute atomic E-state index is 11.3. The third-order valence-corrected chi connectivity index (χ3v) is 11.7. The fourth-order valence-corrected chi connectivity index (χ4v) is 9.37. The topological polar surface area (TPSA) is 17.1 Å². The number of rotatable bonds is 5. The molecule has 1 nitrogen and oxygen atoms in total. The van der Waals surface area contributed by atoms with Gasteiger partial charge in [0, 0.05) is 19.0 Å². The first kappa shape index (κ1) is 21.4. The molecule has 0 aromatic heterocycles. The number of aldehydes is 1. The zero-order valence-electron chi connectivity index (χ0n) is 15.9. The van der Waals surface area contributed by atoms with E-state index in [0.717, 1.165) is 19.7 Å². The molecule has 0 heterocycles. The largest absolute Gasteiger partial charge is 0.298 e. The van der Waals surface area contributed by atoms with Crippen LogP contribution in [0.25, 0.3) is 0 Å². The summed E-state index contributed by atoms with van der Waals surface area (Å²) in [6, 6.07) is 34.0. The second-order valence-corrected chi connectivity index (χ2v) is 13.6. The van der Waals surface area contributed by atoms with Gasteiger partial charge in [-0.15, -0.1) is 0 Å². The van der Waals surface area contributed by atoms with Crippen LogP contribution in [0, 0.1) is 0 Å². The van der Waals surface area contributed by atoms with E-state index in [2.05, 4.69) is 133 Å². The van der Waals surface area contributed by atoms with Crippen LogP contribution in [0.3, 0.4) is 0 Å². The summed E-state index contributed by atoms with van der Waals surface area (Å²) >= 11 is 10.7. The molecule has 4 aromatic carbocycles. The van der Waals surface area contributed by atoms with Gasteiger partial charge in [0.2, 0.25) is 0 Å². The molecular formula is C25H17Br3OSi. The Morgan fingerprint density at radius 2 is 0.733 bits per heavy atom. The standard InChI is InChI=1S/C25H17Br3OSi/c26-19-3-11-23(12-4-19)30(24-13-5-20(27)6-14-24,25-15-7-21(28)8-16-25)22-9-1-18(17-29)2-10-22/h1-17H. The predicted molar refractivity (Wildman–Crippen MR) is 139 cm³/mol. The molecule has 5 heteroatoms. The second-order valence-electron chi connectivity index (χ2n) is 7.01. The molecule has 0 aliphatic carbocycles. The van der Waals surface area contributed by atoms with E-state index in [4.69, 9.17) is 0 Å². The lowest BCUT2D eigenvalue weighted by molar-refractivity contribution is 0.112. The molecule has 0 saturated carbocycles. The number of carbonyl (C=O) groups is 1. The maximum atomic E-state index is 11.3. The third kappa shape index (κ3) is 4.04. The Kier molecular flexibility index (Phi) is 6.53. The van der Waals surface area contributed by atoms with Gasteiger partial charge in [0.1, 0.15) is 6.29 Å². The SMILES string of the molecule is O=Cc1ccc([Si](c2ccc(Br)cc2)(c2ccc(Br)cc2)c2ccc(Br)cc2)cc1. The Morgan fingerprint density at radius 3 is 1.00 bits per heavy atom. The molecule has 0 aliphatic rings. The summed E-state index contributed by atoms with van der Waals surface area (Å²) in [6.07, 6.45) is 0.895. The molecular weight excluding hydrogens is 584 g/mol. The lowest BCUT2D eigenvalue weighted by Gasteiger charge is -2.34. The van der Waals surface area contributed by atoms with Crippen molar-refractivity contribution in [3.05, 3.63) is 116 Å². The average Bonchev–Trinajstić information content (AvgIpc) is 2.78. The van der Waals surface area contributed by atoms with E-state index in [1.807, 2.05) is 12.1 Å². The van der Waals surface area contributed by atoms with E-state index in [0.29, 0.717) is 5.56 Å². The molecule has 0 amide bonds. The summed E-state index contributed by atoms with van der Waals surface area (Å²) in [4.78, 5) is 11.3. The lowest BCUT2D eigenvalue weighted by Crippen LogP contribution is -2.74. The Morgan fingerprint density at radius 1 is 0.467 bits per heavy atom. The molecule has 0 aliphatic heterocycles. The molecule has 4 rings (SSSR count). The highest BCUT2D eigenvalue weighted by Gasteiger charge is 2.41. The smallest absolute Gasteiger partial charge is 0.179 e. The van der Waals surface area contributed by atoms with Crippen molar-refractivity contribution in [3.8, 4) is 0 Å². The van der Waals surface area contributed by atoms with Crippen LogP contribution in [0.4, 0.5) is 0 Å². The summed E-state index contributed by atoms with van der Waals surface area (Å²) in [5.41, 5.74) is 0.684. The molecule has 0 radical (unpaired) electrons. The van der Waals surface area contributed by atoms with Crippen molar-refractivity contribution >= 4 is 82.9 Å². The van der Waals surface area contributed by atoms with Gasteiger partial charge in [-0.2, -0.15) is 0 Å². The van der Waals surface area contributed by atoms with E-state index in [-0.39, 0.29) is 0 Å². The summed E-state index contributed by atoms with van der Waals surface area (Å²) in [7, 11) is -2.58. The molecule has 0 fully saturated rings. The van der Waals surface area contributed by atoms with Crippen molar-refractivity contribution in [2.75, 3.05) is 0 Å². The van der Waals surface area contributed by atoms with E-state index in [1.165, 1.54) is 20.7 Å².